The number of carbonyl (C=O) groups is 1. The summed E-state index contributed by atoms with van der Waals surface area (Å²) in [5.74, 6) is 0.0481. The minimum Gasteiger partial charge on any atom is -0.340 e. The summed E-state index contributed by atoms with van der Waals surface area (Å²) in [7, 11) is 1.82. The Morgan fingerprint density at radius 2 is 1.95 bits per heavy atom. The maximum Gasteiger partial charge on any atom is 0.244 e. The van der Waals surface area contributed by atoms with Crippen LogP contribution < -0.4 is 0 Å². The summed E-state index contributed by atoms with van der Waals surface area (Å²) in [5, 5.41) is 4.36. The lowest BCUT2D eigenvalue weighted by Crippen LogP contribution is -2.30. The molecular weight excluding hydrogens is 318 g/mol. The second-order valence-corrected chi connectivity index (χ2v) is 5.67. The van der Waals surface area contributed by atoms with E-state index in [0.717, 1.165) is 21.4 Å². The Labute approximate surface area is 127 Å². The van der Waals surface area contributed by atoms with Crippen LogP contribution in [0.15, 0.2) is 34.8 Å². The molecule has 0 spiro atoms. The first-order chi connectivity index (χ1) is 9.49. The van der Waals surface area contributed by atoms with Gasteiger partial charge in [0, 0.05) is 13.6 Å². The van der Waals surface area contributed by atoms with Crippen LogP contribution in [-0.4, -0.2) is 27.6 Å². The molecule has 0 radical (unpaired) electrons. The number of rotatable bonds is 4. The predicted octanol–water partition coefficient (Wildman–Crippen LogP) is 2.92. The van der Waals surface area contributed by atoms with Gasteiger partial charge in [0.15, 0.2) is 0 Å². The third-order valence-corrected chi connectivity index (χ3v) is 4.41. The van der Waals surface area contributed by atoms with Gasteiger partial charge in [-0.25, -0.2) is 0 Å². The van der Waals surface area contributed by atoms with Crippen molar-refractivity contribution < 1.29 is 4.79 Å². The molecule has 0 aliphatic carbocycles. The van der Waals surface area contributed by atoms with Crippen LogP contribution in [0.5, 0.6) is 0 Å². The Bertz CT molecular complexity index is 607. The zero-order chi connectivity index (χ0) is 14.7. The second kappa shape index (κ2) is 6.22. The molecule has 0 fully saturated rings. The number of hydrogen-bond acceptors (Lipinski definition) is 2. The average Bonchev–Trinajstić information content (AvgIpc) is 2.67. The van der Waals surface area contributed by atoms with Gasteiger partial charge >= 0.3 is 0 Å². The van der Waals surface area contributed by atoms with Crippen molar-refractivity contribution in [3.05, 3.63) is 51.8 Å². The van der Waals surface area contributed by atoms with Crippen LogP contribution in [0, 0.1) is 13.8 Å². The fourth-order valence-corrected chi connectivity index (χ4v) is 2.31. The average molecular weight is 336 g/mol. The predicted molar refractivity (Wildman–Crippen MR) is 82.3 cm³/mol. The smallest absolute Gasteiger partial charge is 0.244 e. The highest BCUT2D eigenvalue weighted by Gasteiger charge is 2.14. The van der Waals surface area contributed by atoms with E-state index in [1.165, 1.54) is 0 Å². The zero-order valence-corrected chi connectivity index (χ0v) is 13.5. The summed E-state index contributed by atoms with van der Waals surface area (Å²) < 4.78 is 2.71. The minimum atomic E-state index is 0.0481. The van der Waals surface area contributed by atoms with Crippen molar-refractivity contribution >= 4 is 21.8 Å². The van der Waals surface area contributed by atoms with Crippen molar-refractivity contribution in [1.29, 1.82) is 0 Å². The van der Waals surface area contributed by atoms with E-state index in [1.54, 1.807) is 9.58 Å². The van der Waals surface area contributed by atoms with Crippen molar-refractivity contribution in [3.8, 4) is 0 Å². The van der Waals surface area contributed by atoms with E-state index >= 15 is 0 Å². The highest BCUT2D eigenvalue weighted by atomic mass is 79.9. The van der Waals surface area contributed by atoms with Gasteiger partial charge in [-0.2, -0.15) is 5.10 Å². The van der Waals surface area contributed by atoms with Crippen molar-refractivity contribution in [3.63, 3.8) is 0 Å². The molecule has 2 aromatic rings. The monoisotopic (exact) mass is 335 g/mol. The quantitative estimate of drug-likeness (QED) is 0.861. The van der Waals surface area contributed by atoms with Gasteiger partial charge in [-0.1, -0.05) is 30.3 Å². The van der Waals surface area contributed by atoms with Crippen molar-refractivity contribution in [1.82, 2.24) is 14.7 Å². The maximum atomic E-state index is 12.2. The third kappa shape index (κ3) is 3.28. The molecule has 0 aliphatic heterocycles. The largest absolute Gasteiger partial charge is 0.340 e. The molecule has 20 heavy (non-hydrogen) atoms. The number of carbonyl (C=O) groups excluding carboxylic acids is 1. The number of benzene rings is 1. The second-order valence-electron chi connectivity index (χ2n) is 4.88. The highest BCUT2D eigenvalue weighted by Crippen LogP contribution is 2.19. The Balaban J connectivity index is 2.02. The number of likely N-dealkylation sites (N-methyl/N-ethyl adjacent to an activating group) is 1. The highest BCUT2D eigenvalue weighted by molar-refractivity contribution is 9.10. The summed E-state index contributed by atoms with van der Waals surface area (Å²) in [6.45, 7) is 4.75. The Hall–Kier alpha value is -1.62. The molecule has 0 aliphatic rings. The number of aryl methyl sites for hydroxylation is 1. The van der Waals surface area contributed by atoms with E-state index in [0.29, 0.717) is 6.54 Å². The van der Waals surface area contributed by atoms with Gasteiger partial charge in [-0.05, 0) is 35.3 Å². The molecule has 1 aromatic carbocycles. The lowest BCUT2D eigenvalue weighted by Gasteiger charge is -2.17. The fourth-order valence-electron chi connectivity index (χ4n) is 2.02. The van der Waals surface area contributed by atoms with Crippen molar-refractivity contribution in [2.45, 2.75) is 26.9 Å². The standard InChI is InChI=1S/C15H18BrN3O/c1-11-15(16)12(2)19(17-11)10-14(20)18(3)9-13-7-5-4-6-8-13/h4-8H,9-10H2,1-3H3. The van der Waals surface area contributed by atoms with Crippen LogP contribution in [0.3, 0.4) is 0 Å². The number of halogens is 1. The van der Waals surface area contributed by atoms with Crippen molar-refractivity contribution in [2.75, 3.05) is 7.05 Å². The summed E-state index contributed by atoms with van der Waals surface area (Å²) >= 11 is 3.47. The van der Waals surface area contributed by atoms with Crippen LogP contribution in [0.4, 0.5) is 0 Å². The zero-order valence-electron chi connectivity index (χ0n) is 11.9. The maximum absolute atomic E-state index is 12.2. The molecular formula is C15H18BrN3O. The van der Waals surface area contributed by atoms with Crippen LogP contribution in [0.25, 0.3) is 0 Å². The van der Waals surface area contributed by atoms with Gasteiger partial charge in [-0.15, -0.1) is 0 Å². The van der Waals surface area contributed by atoms with Gasteiger partial charge in [0.2, 0.25) is 5.91 Å². The SMILES string of the molecule is Cc1nn(CC(=O)N(C)Cc2ccccc2)c(C)c1Br. The first-order valence-corrected chi connectivity index (χ1v) is 7.25. The molecule has 0 bridgehead atoms. The number of hydrogen-bond donors (Lipinski definition) is 0. The summed E-state index contributed by atoms with van der Waals surface area (Å²) in [5.41, 5.74) is 3.00. The Morgan fingerprint density at radius 3 is 2.50 bits per heavy atom. The van der Waals surface area contributed by atoms with E-state index < -0.39 is 0 Å². The first-order valence-electron chi connectivity index (χ1n) is 6.46. The summed E-state index contributed by atoms with van der Waals surface area (Å²) in [4.78, 5) is 14.0. The number of aromatic nitrogens is 2. The van der Waals surface area contributed by atoms with Gasteiger partial charge in [0.05, 0.1) is 15.9 Å². The van der Waals surface area contributed by atoms with Gasteiger partial charge in [0.25, 0.3) is 0 Å². The van der Waals surface area contributed by atoms with E-state index in [2.05, 4.69) is 21.0 Å². The molecule has 106 valence electrons. The molecule has 0 saturated heterocycles. The molecule has 0 atom stereocenters. The van der Waals surface area contributed by atoms with Gasteiger partial charge < -0.3 is 4.90 Å². The molecule has 0 N–H and O–H groups in total. The summed E-state index contributed by atoms with van der Waals surface area (Å²) in [6, 6.07) is 9.96. The van der Waals surface area contributed by atoms with Crippen LogP contribution >= 0.6 is 15.9 Å². The molecule has 2 rings (SSSR count). The normalized spacial score (nSPS) is 10.6. The fraction of sp³-hybridized carbons (Fsp3) is 0.333. The molecule has 4 nitrogen and oxygen atoms in total. The van der Waals surface area contributed by atoms with Gasteiger partial charge in [-0.3, -0.25) is 9.48 Å². The molecule has 0 saturated carbocycles. The van der Waals surface area contributed by atoms with Crippen LogP contribution in [0.1, 0.15) is 17.0 Å². The lowest BCUT2D eigenvalue weighted by atomic mass is 10.2. The number of amides is 1. The van der Waals surface area contributed by atoms with E-state index in [-0.39, 0.29) is 12.5 Å². The molecule has 5 heteroatoms. The molecule has 1 aromatic heterocycles. The van der Waals surface area contributed by atoms with Crippen LogP contribution in [-0.2, 0) is 17.9 Å². The topological polar surface area (TPSA) is 38.1 Å². The molecule has 0 unspecified atom stereocenters. The molecule has 1 heterocycles. The Morgan fingerprint density at radius 1 is 1.30 bits per heavy atom. The summed E-state index contributed by atoms with van der Waals surface area (Å²) in [6.07, 6.45) is 0. The van der Waals surface area contributed by atoms with Crippen molar-refractivity contribution in [2.24, 2.45) is 0 Å². The molecule has 1 amide bonds. The van der Waals surface area contributed by atoms with E-state index in [1.807, 2.05) is 51.2 Å². The van der Waals surface area contributed by atoms with E-state index in [4.69, 9.17) is 0 Å². The minimum absolute atomic E-state index is 0.0481. The van der Waals surface area contributed by atoms with Crippen LogP contribution in [0.2, 0.25) is 0 Å². The lowest BCUT2D eigenvalue weighted by molar-refractivity contribution is -0.131. The first kappa shape index (κ1) is 14.8. The van der Waals surface area contributed by atoms with E-state index in [9.17, 15) is 4.79 Å². The van der Waals surface area contributed by atoms with Gasteiger partial charge in [0.1, 0.15) is 6.54 Å². The third-order valence-electron chi connectivity index (χ3n) is 3.27. The Kier molecular flexibility index (Phi) is 4.60. The number of nitrogens with zero attached hydrogens (tertiary/aromatic N) is 3.